The van der Waals surface area contributed by atoms with Crippen molar-refractivity contribution in [1.29, 1.82) is 5.26 Å². The summed E-state index contributed by atoms with van der Waals surface area (Å²) in [5.41, 5.74) is 3.41. The van der Waals surface area contributed by atoms with Crippen LogP contribution in [0.3, 0.4) is 0 Å². The minimum atomic E-state index is -0.496. The molecule has 1 fully saturated rings. The van der Waals surface area contributed by atoms with Gasteiger partial charge in [0.05, 0.1) is 16.1 Å². The van der Waals surface area contributed by atoms with E-state index >= 15 is 0 Å². The van der Waals surface area contributed by atoms with Gasteiger partial charge < -0.3 is 14.6 Å². The maximum absolute atomic E-state index is 12.5. The fourth-order valence-electron chi connectivity index (χ4n) is 3.32. The Bertz CT molecular complexity index is 967. The second-order valence-corrected chi connectivity index (χ2v) is 7.64. The van der Waals surface area contributed by atoms with E-state index in [4.69, 9.17) is 27.9 Å². The molecule has 1 amide bonds. The third-order valence-corrected chi connectivity index (χ3v) is 5.60. The summed E-state index contributed by atoms with van der Waals surface area (Å²) in [6.45, 7) is 5.59. The second-order valence-electron chi connectivity index (χ2n) is 6.82. The number of rotatable bonds is 5. The Morgan fingerprint density at radius 1 is 1.36 bits per heavy atom. The molecule has 2 heterocycles. The number of benzene rings is 1. The van der Waals surface area contributed by atoms with E-state index < -0.39 is 5.91 Å². The Hall–Kier alpha value is -2.26. The average molecular weight is 418 g/mol. The van der Waals surface area contributed by atoms with Gasteiger partial charge in [-0.05, 0) is 62.6 Å². The SMILES string of the molecule is Cc1cc(/C=C(\C#N)C(=O)Nc2ccc(Cl)c(Cl)c2)c(C)n1C[C@H]1CCCO1. The highest BCUT2D eigenvalue weighted by atomic mass is 35.5. The Morgan fingerprint density at radius 3 is 2.79 bits per heavy atom. The van der Waals surface area contributed by atoms with Crippen molar-refractivity contribution in [2.24, 2.45) is 0 Å². The topological polar surface area (TPSA) is 67.0 Å². The van der Waals surface area contributed by atoms with E-state index in [-0.39, 0.29) is 11.7 Å². The number of carbonyl (C=O) groups excluding carboxylic acids is 1. The molecule has 1 atom stereocenters. The van der Waals surface area contributed by atoms with Crippen LogP contribution < -0.4 is 5.32 Å². The molecule has 3 rings (SSSR count). The highest BCUT2D eigenvalue weighted by Gasteiger charge is 2.19. The first-order chi connectivity index (χ1) is 13.4. The highest BCUT2D eigenvalue weighted by molar-refractivity contribution is 6.42. The minimum absolute atomic E-state index is 0.0171. The maximum atomic E-state index is 12.5. The third-order valence-electron chi connectivity index (χ3n) is 4.87. The first kappa shape index (κ1) is 20.5. The summed E-state index contributed by atoms with van der Waals surface area (Å²) in [5, 5.41) is 12.9. The summed E-state index contributed by atoms with van der Waals surface area (Å²) < 4.78 is 7.90. The minimum Gasteiger partial charge on any atom is -0.376 e. The lowest BCUT2D eigenvalue weighted by Gasteiger charge is -2.14. The molecule has 0 aliphatic carbocycles. The number of nitriles is 1. The number of hydrogen-bond donors (Lipinski definition) is 1. The molecule has 146 valence electrons. The van der Waals surface area contributed by atoms with Gasteiger partial charge in [0, 0.05) is 30.2 Å². The van der Waals surface area contributed by atoms with Crippen LogP contribution in [0.1, 0.15) is 29.8 Å². The Labute approximate surface area is 174 Å². The molecule has 0 radical (unpaired) electrons. The molecule has 7 heteroatoms. The molecule has 1 aliphatic rings. The Morgan fingerprint density at radius 2 is 2.14 bits per heavy atom. The van der Waals surface area contributed by atoms with Gasteiger partial charge in [0.1, 0.15) is 11.6 Å². The van der Waals surface area contributed by atoms with E-state index in [0.717, 1.165) is 42.9 Å². The molecule has 0 spiro atoms. The summed E-state index contributed by atoms with van der Waals surface area (Å²) in [6.07, 6.45) is 3.97. The molecule has 2 aromatic rings. The van der Waals surface area contributed by atoms with Crippen molar-refractivity contribution in [3.8, 4) is 6.07 Å². The second kappa shape index (κ2) is 8.83. The molecular formula is C21H21Cl2N3O2. The van der Waals surface area contributed by atoms with Crippen LogP contribution >= 0.6 is 23.2 Å². The summed E-state index contributed by atoms with van der Waals surface area (Å²) in [4.78, 5) is 12.5. The van der Waals surface area contributed by atoms with Gasteiger partial charge in [0.2, 0.25) is 0 Å². The normalized spacial score (nSPS) is 16.8. The standard InChI is InChI=1S/C21H21Cl2N3O2/c1-13-8-15(14(2)26(13)12-18-4-3-7-28-18)9-16(11-24)21(27)25-17-5-6-19(22)20(23)10-17/h5-6,8-10,18H,3-4,7,12H2,1-2H3,(H,25,27)/b16-9+/t18-/m1/s1. The molecule has 1 N–H and O–H groups in total. The summed E-state index contributed by atoms with van der Waals surface area (Å²) >= 11 is 11.9. The van der Waals surface area contributed by atoms with Crippen LogP contribution in [0.5, 0.6) is 0 Å². The Balaban J connectivity index is 1.80. The molecule has 1 aliphatic heterocycles. The predicted octanol–water partition coefficient (Wildman–Crippen LogP) is 5.14. The van der Waals surface area contributed by atoms with Crippen LogP contribution in [0.25, 0.3) is 6.08 Å². The number of nitrogens with one attached hydrogen (secondary N) is 1. The van der Waals surface area contributed by atoms with Gasteiger partial charge in [0.25, 0.3) is 5.91 Å². The number of halogens is 2. The maximum Gasteiger partial charge on any atom is 0.266 e. The van der Waals surface area contributed by atoms with Crippen LogP contribution in [0.15, 0.2) is 29.8 Å². The van der Waals surface area contributed by atoms with Crippen LogP contribution in [0.4, 0.5) is 5.69 Å². The molecule has 0 unspecified atom stereocenters. The van der Waals surface area contributed by atoms with E-state index in [1.807, 2.05) is 26.0 Å². The molecule has 1 aromatic heterocycles. The number of aromatic nitrogens is 1. The number of carbonyl (C=O) groups is 1. The van der Waals surface area contributed by atoms with Gasteiger partial charge in [-0.1, -0.05) is 23.2 Å². The summed E-state index contributed by atoms with van der Waals surface area (Å²) in [5.74, 6) is -0.496. The monoisotopic (exact) mass is 417 g/mol. The van der Waals surface area contributed by atoms with Crippen LogP contribution in [-0.2, 0) is 16.1 Å². The molecule has 1 saturated heterocycles. The number of anilines is 1. The molecular weight excluding hydrogens is 397 g/mol. The zero-order valence-electron chi connectivity index (χ0n) is 15.8. The molecule has 1 aromatic carbocycles. The van der Waals surface area contributed by atoms with Crippen molar-refractivity contribution >= 4 is 40.9 Å². The van der Waals surface area contributed by atoms with Gasteiger partial charge in [-0.25, -0.2) is 0 Å². The first-order valence-corrected chi connectivity index (χ1v) is 9.81. The van der Waals surface area contributed by atoms with Crippen molar-refractivity contribution in [1.82, 2.24) is 4.57 Å². The number of ether oxygens (including phenoxy) is 1. The molecule has 0 bridgehead atoms. The van der Waals surface area contributed by atoms with Crippen molar-refractivity contribution in [3.63, 3.8) is 0 Å². The van der Waals surface area contributed by atoms with E-state index in [0.29, 0.717) is 15.7 Å². The van der Waals surface area contributed by atoms with Gasteiger partial charge in [-0.15, -0.1) is 0 Å². The van der Waals surface area contributed by atoms with Crippen LogP contribution in [0.2, 0.25) is 10.0 Å². The molecule has 28 heavy (non-hydrogen) atoms. The van der Waals surface area contributed by atoms with Crippen molar-refractivity contribution in [2.75, 3.05) is 11.9 Å². The lowest BCUT2D eigenvalue weighted by atomic mass is 10.1. The van der Waals surface area contributed by atoms with Crippen LogP contribution in [-0.4, -0.2) is 23.2 Å². The van der Waals surface area contributed by atoms with Crippen LogP contribution in [0, 0.1) is 25.2 Å². The number of nitrogens with zero attached hydrogens (tertiary/aromatic N) is 2. The van der Waals surface area contributed by atoms with Gasteiger partial charge in [-0.3, -0.25) is 4.79 Å². The molecule has 0 saturated carbocycles. The number of aryl methyl sites for hydroxylation is 1. The van der Waals surface area contributed by atoms with Crippen molar-refractivity contribution in [3.05, 3.63) is 56.8 Å². The lowest BCUT2D eigenvalue weighted by Crippen LogP contribution is -2.17. The van der Waals surface area contributed by atoms with E-state index in [1.165, 1.54) is 0 Å². The zero-order valence-corrected chi connectivity index (χ0v) is 17.3. The largest absolute Gasteiger partial charge is 0.376 e. The van der Waals surface area contributed by atoms with Crippen molar-refractivity contribution < 1.29 is 9.53 Å². The van der Waals surface area contributed by atoms with Gasteiger partial charge >= 0.3 is 0 Å². The van der Waals surface area contributed by atoms with E-state index in [2.05, 4.69) is 9.88 Å². The first-order valence-electron chi connectivity index (χ1n) is 9.05. The predicted molar refractivity (Wildman–Crippen MR) is 112 cm³/mol. The number of hydrogen-bond acceptors (Lipinski definition) is 3. The van der Waals surface area contributed by atoms with E-state index in [1.54, 1.807) is 24.3 Å². The molecule has 5 nitrogen and oxygen atoms in total. The summed E-state index contributed by atoms with van der Waals surface area (Å²) in [6, 6.07) is 8.73. The lowest BCUT2D eigenvalue weighted by molar-refractivity contribution is -0.112. The third kappa shape index (κ3) is 4.59. The zero-order chi connectivity index (χ0) is 20.3. The quantitative estimate of drug-likeness (QED) is 0.540. The van der Waals surface area contributed by atoms with Gasteiger partial charge in [-0.2, -0.15) is 5.26 Å². The average Bonchev–Trinajstić information content (AvgIpc) is 3.26. The smallest absolute Gasteiger partial charge is 0.266 e. The van der Waals surface area contributed by atoms with Gasteiger partial charge in [0.15, 0.2) is 0 Å². The van der Waals surface area contributed by atoms with E-state index in [9.17, 15) is 10.1 Å². The Kier molecular flexibility index (Phi) is 6.46. The number of amides is 1. The summed E-state index contributed by atoms with van der Waals surface area (Å²) in [7, 11) is 0. The van der Waals surface area contributed by atoms with Crippen molar-refractivity contribution in [2.45, 2.75) is 39.3 Å². The fourth-order valence-corrected chi connectivity index (χ4v) is 3.62. The fraction of sp³-hybridized carbons (Fsp3) is 0.333. The highest BCUT2D eigenvalue weighted by Crippen LogP contribution is 2.26.